The smallest absolute Gasteiger partial charge is 0.271 e. The maximum absolute atomic E-state index is 12.3. The van der Waals surface area contributed by atoms with Crippen LogP contribution in [0.4, 0.5) is 0 Å². The molecule has 0 unspecified atom stereocenters. The molecule has 3 rings (SSSR count). The van der Waals surface area contributed by atoms with E-state index < -0.39 is 0 Å². The number of benzene rings is 1. The quantitative estimate of drug-likeness (QED) is 0.724. The number of carbonyl (C=O) groups excluding carboxylic acids is 2. The van der Waals surface area contributed by atoms with E-state index in [4.69, 9.17) is 0 Å². The molecule has 0 aliphatic heterocycles. The van der Waals surface area contributed by atoms with Crippen LogP contribution in [0.5, 0.6) is 0 Å². The number of amides is 2. The lowest BCUT2D eigenvalue weighted by Gasteiger charge is -2.06. The summed E-state index contributed by atoms with van der Waals surface area (Å²) in [5.41, 5.74) is 7.60. The van der Waals surface area contributed by atoms with Crippen LogP contribution < -0.4 is 10.9 Å². The van der Waals surface area contributed by atoms with Crippen LogP contribution in [0.3, 0.4) is 0 Å². The van der Waals surface area contributed by atoms with Crippen molar-refractivity contribution in [3.63, 3.8) is 0 Å². The van der Waals surface area contributed by atoms with Crippen molar-refractivity contribution in [1.29, 1.82) is 0 Å². The second-order valence-corrected chi connectivity index (χ2v) is 6.08. The Labute approximate surface area is 137 Å². The molecule has 118 valence electrons. The molecule has 0 spiro atoms. The molecule has 0 aliphatic carbocycles. The number of nitrogens with zero attached hydrogens (tertiary/aromatic N) is 1. The van der Waals surface area contributed by atoms with Crippen LogP contribution in [-0.2, 0) is 18.3 Å². The molecular formula is C17H17N3O2S. The number of hydrogen-bond donors (Lipinski definition) is 2. The van der Waals surface area contributed by atoms with Crippen molar-refractivity contribution in [3.8, 4) is 0 Å². The van der Waals surface area contributed by atoms with Crippen LogP contribution in [0.1, 0.15) is 22.3 Å². The van der Waals surface area contributed by atoms with Crippen LogP contribution in [0.2, 0.25) is 0 Å². The summed E-state index contributed by atoms with van der Waals surface area (Å²) in [6.07, 6.45) is 2.77. The van der Waals surface area contributed by atoms with Crippen molar-refractivity contribution in [2.75, 3.05) is 0 Å². The van der Waals surface area contributed by atoms with Crippen LogP contribution in [-0.4, -0.2) is 16.4 Å². The van der Waals surface area contributed by atoms with Gasteiger partial charge in [0, 0.05) is 30.6 Å². The normalized spacial score (nSPS) is 10.7. The monoisotopic (exact) mass is 327 g/mol. The zero-order valence-electron chi connectivity index (χ0n) is 12.7. The largest absolute Gasteiger partial charge is 0.350 e. The number of aromatic nitrogens is 1. The predicted molar refractivity (Wildman–Crippen MR) is 91.2 cm³/mol. The van der Waals surface area contributed by atoms with E-state index in [1.165, 1.54) is 0 Å². The Balaban J connectivity index is 1.59. The van der Waals surface area contributed by atoms with Gasteiger partial charge in [-0.05, 0) is 34.9 Å². The molecule has 0 saturated heterocycles. The van der Waals surface area contributed by atoms with Crippen LogP contribution in [0, 0.1) is 0 Å². The first-order valence-corrected chi connectivity index (χ1v) is 8.24. The fourth-order valence-electron chi connectivity index (χ4n) is 2.47. The zero-order chi connectivity index (χ0) is 16.2. The molecule has 2 heterocycles. The van der Waals surface area contributed by atoms with Crippen molar-refractivity contribution in [2.45, 2.75) is 12.8 Å². The fourth-order valence-corrected chi connectivity index (χ4v) is 3.17. The Bertz CT molecular complexity index is 837. The van der Waals surface area contributed by atoms with Crippen LogP contribution in [0.15, 0.2) is 47.3 Å². The third-order valence-electron chi connectivity index (χ3n) is 3.68. The second-order valence-electron chi connectivity index (χ2n) is 5.30. The highest BCUT2D eigenvalue weighted by Crippen LogP contribution is 2.19. The summed E-state index contributed by atoms with van der Waals surface area (Å²) >= 11 is 1.61. The van der Waals surface area contributed by atoms with Gasteiger partial charge in [0.2, 0.25) is 5.91 Å². The zero-order valence-corrected chi connectivity index (χ0v) is 13.5. The Hall–Kier alpha value is -2.60. The molecule has 0 bridgehead atoms. The molecule has 3 aromatic rings. The van der Waals surface area contributed by atoms with Gasteiger partial charge in [-0.1, -0.05) is 18.2 Å². The molecule has 1 aromatic carbocycles. The molecule has 5 nitrogen and oxygen atoms in total. The number of aryl methyl sites for hydroxylation is 2. The Morgan fingerprint density at radius 3 is 2.78 bits per heavy atom. The first-order valence-electron chi connectivity index (χ1n) is 7.29. The van der Waals surface area contributed by atoms with Crippen LogP contribution in [0.25, 0.3) is 10.9 Å². The summed E-state index contributed by atoms with van der Waals surface area (Å²) in [4.78, 5) is 24.1. The van der Waals surface area contributed by atoms with Gasteiger partial charge >= 0.3 is 0 Å². The lowest BCUT2D eigenvalue weighted by Crippen LogP contribution is -2.41. The first kappa shape index (κ1) is 15.3. The second kappa shape index (κ2) is 6.66. The van der Waals surface area contributed by atoms with Crippen molar-refractivity contribution in [1.82, 2.24) is 15.4 Å². The van der Waals surface area contributed by atoms with Gasteiger partial charge in [0.25, 0.3) is 5.91 Å². The number of thiophene rings is 1. The average Bonchev–Trinajstić information content (AvgIpc) is 3.19. The standard InChI is InChI=1S/C17H17N3O2S/c1-20-10-14(13-4-2-3-5-15(13)20)17(22)19-18-16(21)7-6-12-8-9-23-11-12/h2-5,8-11H,6-7H2,1H3,(H,18,21)(H,19,22). The number of hydrogen-bond acceptors (Lipinski definition) is 3. The minimum atomic E-state index is -0.314. The highest BCUT2D eigenvalue weighted by molar-refractivity contribution is 7.07. The van der Waals surface area contributed by atoms with Gasteiger partial charge in [0.05, 0.1) is 5.56 Å². The van der Waals surface area contributed by atoms with Crippen molar-refractivity contribution in [2.24, 2.45) is 7.05 Å². The number of hydrazine groups is 1. The summed E-state index contributed by atoms with van der Waals surface area (Å²) in [6.45, 7) is 0. The fraction of sp³-hybridized carbons (Fsp3) is 0.176. The summed E-state index contributed by atoms with van der Waals surface area (Å²) in [6, 6.07) is 9.65. The van der Waals surface area contributed by atoms with E-state index in [1.807, 2.05) is 52.7 Å². The maximum atomic E-state index is 12.3. The molecule has 0 radical (unpaired) electrons. The van der Waals surface area contributed by atoms with E-state index in [0.29, 0.717) is 18.4 Å². The first-order chi connectivity index (χ1) is 11.1. The predicted octanol–water partition coefficient (Wildman–Crippen LogP) is 2.63. The van der Waals surface area contributed by atoms with Crippen molar-refractivity contribution >= 4 is 34.1 Å². The van der Waals surface area contributed by atoms with Gasteiger partial charge in [-0.3, -0.25) is 20.4 Å². The van der Waals surface area contributed by atoms with Crippen LogP contribution >= 0.6 is 11.3 Å². The molecule has 23 heavy (non-hydrogen) atoms. The Morgan fingerprint density at radius 2 is 2.00 bits per heavy atom. The highest BCUT2D eigenvalue weighted by Gasteiger charge is 2.14. The molecule has 0 aliphatic rings. The molecule has 0 fully saturated rings. The van der Waals surface area contributed by atoms with Gasteiger partial charge in [0.15, 0.2) is 0 Å². The topological polar surface area (TPSA) is 63.1 Å². The Morgan fingerprint density at radius 1 is 1.17 bits per heavy atom. The number of fused-ring (bicyclic) bond motifs is 1. The lowest BCUT2D eigenvalue weighted by atomic mass is 10.2. The van der Waals surface area contributed by atoms with Gasteiger partial charge < -0.3 is 4.57 Å². The van der Waals surface area contributed by atoms with E-state index in [9.17, 15) is 9.59 Å². The molecule has 2 amide bonds. The lowest BCUT2D eigenvalue weighted by molar-refractivity contribution is -0.121. The van der Waals surface area contributed by atoms with Gasteiger partial charge in [-0.2, -0.15) is 11.3 Å². The van der Waals surface area contributed by atoms with Crippen molar-refractivity contribution in [3.05, 3.63) is 58.4 Å². The van der Waals surface area contributed by atoms with E-state index in [2.05, 4.69) is 10.9 Å². The molecular weight excluding hydrogens is 310 g/mol. The number of rotatable bonds is 4. The van der Waals surface area contributed by atoms with Crippen molar-refractivity contribution < 1.29 is 9.59 Å². The number of para-hydroxylation sites is 1. The minimum absolute atomic E-state index is 0.204. The van der Waals surface area contributed by atoms with E-state index in [-0.39, 0.29) is 11.8 Å². The van der Waals surface area contributed by atoms with E-state index >= 15 is 0 Å². The summed E-state index contributed by atoms with van der Waals surface area (Å²) < 4.78 is 1.89. The molecule has 0 atom stereocenters. The third kappa shape index (κ3) is 3.43. The number of carbonyl (C=O) groups is 2. The third-order valence-corrected chi connectivity index (χ3v) is 4.41. The van der Waals surface area contributed by atoms with Gasteiger partial charge in [0.1, 0.15) is 0 Å². The minimum Gasteiger partial charge on any atom is -0.350 e. The summed E-state index contributed by atoms with van der Waals surface area (Å²) in [5, 5.41) is 4.86. The Kier molecular flexibility index (Phi) is 4.43. The van der Waals surface area contributed by atoms with E-state index in [1.54, 1.807) is 17.5 Å². The molecule has 6 heteroatoms. The number of nitrogens with one attached hydrogen (secondary N) is 2. The SMILES string of the molecule is Cn1cc(C(=O)NNC(=O)CCc2ccsc2)c2ccccc21. The average molecular weight is 327 g/mol. The van der Waals surface area contributed by atoms with E-state index in [0.717, 1.165) is 16.5 Å². The van der Waals surface area contributed by atoms with Gasteiger partial charge in [-0.15, -0.1) is 0 Å². The molecule has 2 N–H and O–H groups in total. The summed E-state index contributed by atoms with van der Waals surface area (Å²) in [7, 11) is 1.89. The molecule has 2 aromatic heterocycles. The van der Waals surface area contributed by atoms with Gasteiger partial charge in [-0.25, -0.2) is 0 Å². The highest BCUT2D eigenvalue weighted by atomic mass is 32.1. The summed E-state index contributed by atoms with van der Waals surface area (Å²) in [5.74, 6) is -0.518. The molecule has 0 saturated carbocycles. The maximum Gasteiger partial charge on any atom is 0.271 e.